The molecule has 1 saturated heterocycles. The van der Waals surface area contributed by atoms with Gasteiger partial charge in [0.05, 0.1) is 12.9 Å². The van der Waals surface area contributed by atoms with Gasteiger partial charge in [-0.05, 0) is 36.1 Å². The number of hydrogen-bond donors (Lipinski definition) is 1. The molecule has 0 saturated carbocycles. The minimum absolute atomic E-state index is 0. The number of aromatic nitrogens is 3. The molecule has 0 spiro atoms. The predicted octanol–water partition coefficient (Wildman–Crippen LogP) is 3.29. The zero-order chi connectivity index (χ0) is 25.4. The number of benzene rings is 2. The van der Waals surface area contributed by atoms with E-state index in [1.807, 2.05) is 53.1 Å². The van der Waals surface area contributed by atoms with Crippen molar-refractivity contribution in [2.24, 2.45) is 5.73 Å². The van der Waals surface area contributed by atoms with Gasteiger partial charge in [0.2, 0.25) is 0 Å². The normalized spacial score (nSPS) is 16.6. The lowest BCUT2D eigenvalue weighted by Gasteiger charge is -2.33. The molecular weight excluding hydrogens is 504 g/mol. The summed E-state index contributed by atoms with van der Waals surface area (Å²) in [6, 6.07) is 18.0. The Morgan fingerprint density at radius 2 is 1.84 bits per heavy atom. The fourth-order valence-electron chi connectivity index (χ4n) is 5.30. The van der Waals surface area contributed by atoms with Crippen molar-refractivity contribution in [2.45, 2.75) is 32.0 Å². The Morgan fingerprint density at radius 1 is 1.05 bits per heavy atom. The quantitative estimate of drug-likeness (QED) is 0.420. The molecular formula is C28H29ClN6O3. The SMILES string of the molecule is Cl.N#Cc1c(N2CCCC(N)C2)n(Cc2ccccc2)c2c(=O)n(Cc3ccc4c(c3)OCCO4)cnc12. The molecule has 4 heterocycles. The molecule has 9 nitrogen and oxygen atoms in total. The van der Waals surface area contributed by atoms with E-state index in [-0.39, 0.29) is 24.0 Å². The molecule has 10 heteroatoms. The highest BCUT2D eigenvalue weighted by Gasteiger charge is 2.28. The molecule has 1 atom stereocenters. The molecule has 0 bridgehead atoms. The third-order valence-electron chi connectivity index (χ3n) is 7.01. The number of fused-ring (bicyclic) bond motifs is 2. The van der Waals surface area contributed by atoms with Crippen LogP contribution in [0.3, 0.4) is 0 Å². The molecule has 38 heavy (non-hydrogen) atoms. The van der Waals surface area contributed by atoms with Crippen molar-refractivity contribution in [3.05, 3.63) is 81.9 Å². The van der Waals surface area contributed by atoms with E-state index in [9.17, 15) is 10.1 Å². The minimum atomic E-state index is -0.195. The van der Waals surface area contributed by atoms with Crippen molar-refractivity contribution >= 4 is 29.3 Å². The molecule has 0 radical (unpaired) electrons. The molecule has 1 fully saturated rings. The number of rotatable bonds is 5. The molecule has 2 aromatic heterocycles. The number of nitriles is 1. The van der Waals surface area contributed by atoms with Gasteiger partial charge >= 0.3 is 0 Å². The van der Waals surface area contributed by atoms with Gasteiger partial charge in [0.15, 0.2) is 11.5 Å². The van der Waals surface area contributed by atoms with Crippen LogP contribution in [-0.2, 0) is 13.1 Å². The Bertz CT molecular complexity index is 1560. The fraction of sp³-hybridized carbons (Fsp3) is 0.321. The number of hydrogen-bond acceptors (Lipinski definition) is 7. The number of nitrogens with two attached hydrogens (primary N) is 1. The standard InChI is InChI=1S/C28H28N6O3.ClH/c29-14-22-25-26(28(35)33(18-31-25)15-20-8-9-23-24(13-20)37-12-11-36-23)34(16-19-5-2-1-3-6-19)27(22)32-10-4-7-21(30)17-32;/h1-3,5-6,8-9,13,18,21H,4,7,10-12,15-17,30H2;1H. The number of anilines is 1. The lowest BCUT2D eigenvalue weighted by atomic mass is 10.1. The van der Waals surface area contributed by atoms with Crippen LogP contribution in [0.5, 0.6) is 11.5 Å². The molecule has 6 rings (SSSR count). The molecule has 0 aliphatic carbocycles. The van der Waals surface area contributed by atoms with Gasteiger partial charge in [-0.2, -0.15) is 5.26 Å². The molecule has 1 unspecified atom stereocenters. The summed E-state index contributed by atoms with van der Waals surface area (Å²) in [7, 11) is 0. The van der Waals surface area contributed by atoms with Crippen LogP contribution in [0, 0.1) is 11.3 Å². The van der Waals surface area contributed by atoms with Crippen LogP contribution in [0.1, 0.15) is 29.5 Å². The van der Waals surface area contributed by atoms with Gasteiger partial charge in [-0.1, -0.05) is 36.4 Å². The molecule has 2 aliphatic heterocycles. The number of halogens is 1. The summed E-state index contributed by atoms with van der Waals surface area (Å²) in [6.07, 6.45) is 3.40. The van der Waals surface area contributed by atoms with Crippen molar-refractivity contribution in [2.75, 3.05) is 31.2 Å². The zero-order valence-corrected chi connectivity index (χ0v) is 21.7. The van der Waals surface area contributed by atoms with Crippen LogP contribution in [0.4, 0.5) is 5.82 Å². The van der Waals surface area contributed by atoms with E-state index in [0.717, 1.165) is 36.3 Å². The Kier molecular flexibility index (Phi) is 7.27. The van der Waals surface area contributed by atoms with Crippen LogP contribution < -0.4 is 25.7 Å². The van der Waals surface area contributed by atoms with Crippen molar-refractivity contribution in [3.63, 3.8) is 0 Å². The first-order valence-electron chi connectivity index (χ1n) is 12.6. The molecule has 2 N–H and O–H groups in total. The van der Waals surface area contributed by atoms with Gasteiger partial charge in [-0.25, -0.2) is 4.98 Å². The monoisotopic (exact) mass is 532 g/mol. The molecule has 4 aromatic rings. The third-order valence-corrected chi connectivity index (χ3v) is 7.01. The summed E-state index contributed by atoms with van der Waals surface area (Å²) < 4.78 is 14.9. The van der Waals surface area contributed by atoms with E-state index >= 15 is 0 Å². The van der Waals surface area contributed by atoms with Gasteiger partial charge in [-0.3, -0.25) is 9.36 Å². The first-order chi connectivity index (χ1) is 18.1. The maximum absolute atomic E-state index is 14.0. The fourth-order valence-corrected chi connectivity index (χ4v) is 5.30. The Morgan fingerprint density at radius 3 is 2.61 bits per heavy atom. The van der Waals surface area contributed by atoms with Crippen LogP contribution in [-0.4, -0.2) is 46.5 Å². The highest BCUT2D eigenvalue weighted by atomic mass is 35.5. The van der Waals surface area contributed by atoms with Gasteiger partial charge in [-0.15, -0.1) is 12.4 Å². The predicted molar refractivity (Wildman–Crippen MR) is 147 cm³/mol. The van der Waals surface area contributed by atoms with Crippen LogP contribution in [0.25, 0.3) is 11.0 Å². The van der Waals surface area contributed by atoms with Crippen LogP contribution in [0.2, 0.25) is 0 Å². The van der Waals surface area contributed by atoms with E-state index in [0.29, 0.717) is 60.9 Å². The average molecular weight is 533 g/mol. The van der Waals surface area contributed by atoms with Gasteiger partial charge < -0.3 is 24.7 Å². The highest BCUT2D eigenvalue weighted by molar-refractivity contribution is 5.89. The minimum Gasteiger partial charge on any atom is -0.486 e. The van der Waals surface area contributed by atoms with E-state index in [1.165, 1.54) is 6.33 Å². The van der Waals surface area contributed by atoms with Crippen molar-refractivity contribution in [1.82, 2.24) is 14.1 Å². The van der Waals surface area contributed by atoms with Crippen molar-refractivity contribution < 1.29 is 9.47 Å². The summed E-state index contributed by atoms with van der Waals surface area (Å²) in [5.74, 6) is 2.10. The Hall–Kier alpha value is -4.00. The van der Waals surface area contributed by atoms with Gasteiger partial charge in [0.1, 0.15) is 41.7 Å². The summed E-state index contributed by atoms with van der Waals surface area (Å²) in [5, 5.41) is 10.2. The third kappa shape index (κ3) is 4.69. The van der Waals surface area contributed by atoms with Crippen LogP contribution >= 0.6 is 12.4 Å². The number of nitrogens with zero attached hydrogens (tertiary/aromatic N) is 5. The van der Waals surface area contributed by atoms with E-state index < -0.39 is 0 Å². The summed E-state index contributed by atoms with van der Waals surface area (Å²) >= 11 is 0. The van der Waals surface area contributed by atoms with E-state index in [2.05, 4.69) is 16.0 Å². The van der Waals surface area contributed by atoms with Crippen molar-refractivity contribution in [3.8, 4) is 17.6 Å². The lowest BCUT2D eigenvalue weighted by Crippen LogP contribution is -2.44. The molecule has 0 amide bonds. The largest absolute Gasteiger partial charge is 0.486 e. The molecule has 2 aliphatic rings. The highest BCUT2D eigenvalue weighted by Crippen LogP contribution is 2.33. The average Bonchev–Trinajstić information content (AvgIpc) is 3.24. The number of piperidine rings is 1. The molecule has 196 valence electrons. The smallest absolute Gasteiger partial charge is 0.278 e. The first kappa shape index (κ1) is 25.6. The number of ether oxygens (including phenoxy) is 2. The summed E-state index contributed by atoms with van der Waals surface area (Å²) in [6.45, 7) is 3.20. The second-order valence-corrected chi connectivity index (χ2v) is 9.58. The Labute approximate surface area is 226 Å². The maximum Gasteiger partial charge on any atom is 0.278 e. The second-order valence-electron chi connectivity index (χ2n) is 9.58. The summed E-state index contributed by atoms with van der Waals surface area (Å²) in [4.78, 5) is 20.7. The van der Waals surface area contributed by atoms with Crippen molar-refractivity contribution in [1.29, 1.82) is 5.26 Å². The first-order valence-corrected chi connectivity index (χ1v) is 12.6. The maximum atomic E-state index is 14.0. The zero-order valence-electron chi connectivity index (χ0n) is 20.9. The lowest BCUT2D eigenvalue weighted by molar-refractivity contribution is 0.171. The second kappa shape index (κ2) is 10.8. The topological polar surface area (TPSA) is 111 Å². The summed E-state index contributed by atoms with van der Waals surface area (Å²) in [5.41, 5.74) is 9.32. The van der Waals surface area contributed by atoms with E-state index in [1.54, 1.807) is 4.57 Å². The Balaban J connectivity index is 0.00000294. The molecule has 2 aromatic carbocycles. The van der Waals surface area contributed by atoms with Gasteiger partial charge in [0.25, 0.3) is 5.56 Å². The van der Waals surface area contributed by atoms with Crippen LogP contribution in [0.15, 0.2) is 59.7 Å². The van der Waals surface area contributed by atoms with Gasteiger partial charge in [0, 0.05) is 25.7 Å². The van der Waals surface area contributed by atoms with E-state index in [4.69, 9.17) is 15.2 Å².